The molecular weight excluding hydrogens is 220 g/mol. The zero-order valence-electron chi connectivity index (χ0n) is 11.0. The minimum atomic E-state index is 0.557. The van der Waals surface area contributed by atoms with Gasteiger partial charge in [-0.3, -0.25) is 0 Å². The molecule has 2 rings (SSSR count). The Morgan fingerprint density at radius 3 is 2.67 bits per heavy atom. The van der Waals surface area contributed by atoms with Gasteiger partial charge in [0.15, 0.2) is 0 Å². The van der Waals surface area contributed by atoms with E-state index in [2.05, 4.69) is 54.7 Å². The Kier molecular flexibility index (Phi) is 4.73. The van der Waals surface area contributed by atoms with Crippen LogP contribution in [0.15, 0.2) is 42.5 Å². The number of hydrogen-bond donors (Lipinski definition) is 2. The zero-order valence-corrected chi connectivity index (χ0v) is 11.0. The summed E-state index contributed by atoms with van der Waals surface area (Å²) in [5.41, 5.74) is 6.98. The van der Waals surface area contributed by atoms with Crippen molar-refractivity contribution >= 4 is 10.8 Å². The normalized spacial score (nSPS) is 12.8. The molecule has 0 amide bonds. The van der Waals surface area contributed by atoms with Gasteiger partial charge in [0.05, 0.1) is 0 Å². The highest BCUT2D eigenvalue weighted by Crippen LogP contribution is 2.15. The molecule has 1 atom stereocenters. The Balaban J connectivity index is 1.88. The SMILES string of the molecule is CC(CN)CNCCc1ccc2ccccc2c1. The molecule has 0 saturated carbocycles. The second-order valence-electron chi connectivity index (χ2n) is 4.98. The van der Waals surface area contributed by atoms with Gasteiger partial charge in [0.25, 0.3) is 0 Å². The number of fused-ring (bicyclic) bond motifs is 1. The van der Waals surface area contributed by atoms with Crippen LogP contribution in [-0.2, 0) is 6.42 Å². The third-order valence-electron chi connectivity index (χ3n) is 3.30. The van der Waals surface area contributed by atoms with E-state index in [0.717, 1.165) is 26.1 Å². The van der Waals surface area contributed by atoms with E-state index in [-0.39, 0.29) is 0 Å². The molecule has 18 heavy (non-hydrogen) atoms. The molecular formula is C16H22N2. The van der Waals surface area contributed by atoms with Gasteiger partial charge in [0.2, 0.25) is 0 Å². The van der Waals surface area contributed by atoms with Crippen LogP contribution in [0.5, 0.6) is 0 Å². The number of benzene rings is 2. The van der Waals surface area contributed by atoms with Gasteiger partial charge in [-0.05, 0) is 48.3 Å². The summed E-state index contributed by atoms with van der Waals surface area (Å²) in [7, 11) is 0. The number of nitrogens with one attached hydrogen (secondary N) is 1. The molecule has 2 heteroatoms. The highest BCUT2D eigenvalue weighted by Gasteiger charge is 1.99. The first-order chi connectivity index (χ1) is 8.79. The monoisotopic (exact) mass is 242 g/mol. The highest BCUT2D eigenvalue weighted by molar-refractivity contribution is 5.82. The van der Waals surface area contributed by atoms with Crippen molar-refractivity contribution in [1.29, 1.82) is 0 Å². The van der Waals surface area contributed by atoms with Crippen molar-refractivity contribution < 1.29 is 0 Å². The highest BCUT2D eigenvalue weighted by atomic mass is 14.9. The van der Waals surface area contributed by atoms with Crippen LogP contribution < -0.4 is 11.1 Å². The topological polar surface area (TPSA) is 38.0 Å². The number of hydrogen-bond acceptors (Lipinski definition) is 2. The van der Waals surface area contributed by atoms with Gasteiger partial charge in [-0.2, -0.15) is 0 Å². The molecule has 1 unspecified atom stereocenters. The maximum atomic E-state index is 5.59. The molecule has 0 aromatic heterocycles. The Bertz CT molecular complexity index is 493. The lowest BCUT2D eigenvalue weighted by Crippen LogP contribution is -2.27. The van der Waals surface area contributed by atoms with Crippen LogP contribution >= 0.6 is 0 Å². The number of rotatable bonds is 6. The molecule has 0 radical (unpaired) electrons. The van der Waals surface area contributed by atoms with Crippen LogP contribution in [0.2, 0.25) is 0 Å². The van der Waals surface area contributed by atoms with E-state index in [0.29, 0.717) is 5.92 Å². The molecule has 0 fully saturated rings. The van der Waals surface area contributed by atoms with E-state index in [9.17, 15) is 0 Å². The molecule has 2 nitrogen and oxygen atoms in total. The van der Waals surface area contributed by atoms with E-state index in [1.807, 2.05) is 0 Å². The van der Waals surface area contributed by atoms with E-state index >= 15 is 0 Å². The van der Waals surface area contributed by atoms with Gasteiger partial charge in [0.1, 0.15) is 0 Å². The third-order valence-corrected chi connectivity index (χ3v) is 3.30. The first-order valence-corrected chi connectivity index (χ1v) is 6.68. The summed E-state index contributed by atoms with van der Waals surface area (Å²) in [5.74, 6) is 0.557. The molecule has 96 valence electrons. The van der Waals surface area contributed by atoms with E-state index in [1.54, 1.807) is 0 Å². The smallest absolute Gasteiger partial charge is 0.000823 e. The van der Waals surface area contributed by atoms with Gasteiger partial charge < -0.3 is 11.1 Å². The summed E-state index contributed by atoms with van der Waals surface area (Å²) in [6.07, 6.45) is 1.07. The zero-order chi connectivity index (χ0) is 12.8. The lowest BCUT2D eigenvalue weighted by Gasteiger charge is -2.10. The maximum absolute atomic E-state index is 5.59. The minimum absolute atomic E-state index is 0.557. The molecule has 3 N–H and O–H groups in total. The first kappa shape index (κ1) is 13.1. The van der Waals surface area contributed by atoms with Crippen LogP contribution in [0.1, 0.15) is 12.5 Å². The van der Waals surface area contributed by atoms with Crippen molar-refractivity contribution in [3.63, 3.8) is 0 Å². The van der Waals surface area contributed by atoms with Crippen molar-refractivity contribution in [1.82, 2.24) is 5.32 Å². The largest absolute Gasteiger partial charge is 0.330 e. The Hall–Kier alpha value is -1.38. The van der Waals surface area contributed by atoms with Gasteiger partial charge >= 0.3 is 0 Å². The maximum Gasteiger partial charge on any atom is -0.000823 e. The van der Waals surface area contributed by atoms with Crippen molar-refractivity contribution in [3.8, 4) is 0 Å². The minimum Gasteiger partial charge on any atom is -0.330 e. The second-order valence-corrected chi connectivity index (χ2v) is 4.98. The van der Waals surface area contributed by atoms with Crippen LogP contribution in [0.25, 0.3) is 10.8 Å². The Labute approximate surface area is 109 Å². The average Bonchev–Trinajstić information content (AvgIpc) is 2.43. The van der Waals surface area contributed by atoms with E-state index in [4.69, 9.17) is 5.73 Å². The second kappa shape index (κ2) is 6.53. The predicted molar refractivity (Wildman–Crippen MR) is 78.7 cm³/mol. The molecule has 0 heterocycles. The van der Waals surface area contributed by atoms with E-state index in [1.165, 1.54) is 16.3 Å². The average molecular weight is 242 g/mol. The first-order valence-electron chi connectivity index (χ1n) is 6.68. The molecule has 2 aromatic carbocycles. The summed E-state index contributed by atoms with van der Waals surface area (Å²) in [4.78, 5) is 0. The molecule has 2 aromatic rings. The van der Waals surface area contributed by atoms with Crippen molar-refractivity contribution in [3.05, 3.63) is 48.0 Å². The molecule has 0 aliphatic rings. The van der Waals surface area contributed by atoms with Crippen LogP contribution in [0.4, 0.5) is 0 Å². The fraction of sp³-hybridized carbons (Fsp3) is 0.375. The van der Waals surface area contributed by atoms with Crippen molar-refractivity contribution in [2.75, 3.05) is 19.6 Å². The Morgan fingerprint density at radius 2 is 1.89 bits per heavy atom. The number of nitrogens with two attached hydrogens (primary N) is 1. The lowest BCUT2D eigenvalue weighted by molar-refractivity contribution is 0.524. The fourth-order valence-electron chi connectivity index (χ4n) is 2.06. The molecule has 0 aliphatic heterocycles. The molecule has 0 saturated heterocycles. The van der Waals surface area contributed by atoms with Gasteiger partial charge in [0, 0.05) is 0 Å². The fourth-order valence-corrected chi connectivity index (χ4v) is 2.06. The van der Waals surface area contributed by atoms with Gasteiger partial charge in [-0.1, -0.05) is 49.4 Å². The quantitative estimate of drug-likeness (QED) is 0.764. The van der Waals surface area contributed by atoms with Gasteiger partial charge in [-0.25, -0.2) is 0 Å². The molecule has 0 bridgehead atoms. The summed E-state index contributed by atoms with van der Waals surface area (Å²) in [5, 5.41) is 6.09. The summed E-state index contributed by atoms with van der Waals surface area (Å²) >= 11 is 0. The summed E-state index contributed by atoms with van der Waals surface area (Å²) in [6, 6.07) is 15.2. The molecule has 0 aliphatic carbocycles. The van der Waals surface area contributed by atoms with Crippen LogP contribution in [0.3, 0.4) is 0 Å². The summed E-state index contributed by atoms with van der Waals surface area (Å²) in [6.45, 7) is 4.94. The third kappa shape index (κ3) is 3.56. The lowest BCUT2D eigenvalue weighted by atomic mass is 10.1. The van der Waals surface area contributed by atoms with Crippen molar-refractivity contribution in [2.24, 2.45) is 11.7 Å². The summed E-state index contributed by atoms with van der Waals surface area (Å²) < 4.78 is 0. The van der Waals surface area contributed by atoms with Crippen molar-refractivity contribution in [2.45, 2.75) is 13.3 Å². The standard InChI is InChI=1S/C16H22N2/c1-13(11-17)12-18-9-8-14-6-7-15-4-2-3-5-16(15)10-14/h2-7,10,13,18H,8-9,11-12,17H2,1H3. The van der Waals surface area contributed by atoms with Crippen LogP contribution in [0, 0.1) is 5.92 Å². The van der Waals surface area contributed by atoms with Gasteiger partial charge in [-0.15, -0.1) is 0 Å². The molecule has 0 spiro atoms. The predicted octanol–water partition coefficient (Wildman–Crippen LogP) is 2.57. The Morgan fingerprint density at radius 1 is 1.11 bits per heavy atom. The van der Waals surface area contributed by atoms with Crippen LogP contribution in [-0.4, -0.2) is 19.6 Å². The van der Waals surface area contributed by atoms with E-state index < -0.39 is 0 Å².